The number of carbonyl (C=O) groups excluding carboxylic acids is 2. The fourth-order valence-electron chi connectivity index (χ4n) is 4.65. The van der Waals surface area contributed by atoms with E-state index < -0.39 is 11.4 Å². The third-order valence-corrected chi connectivity index (χ3v) is 6.74. The maximum Gasteiger partial charge on any atom is 0.223 e. The second kappa shape index (κ2) is 9.93. The molecular weight excluding hydrogens is 423 g/mol. The first-order valence-electron chi connectivity index (χ1n) is 11.5. The van der Waals surface area contributed by atoms with Crippen LogP contribution in [0.15, 0.2) is 18.2 Å². The Balaban J connectivity index is 1.75. The number of ether oxygens (including phenoxy) is 1. The summed E-state index contributed by atoms with van der Waals surface area (Å²) in [6.07, 6.45) is 2.42. The lowest BCUT2D eigenvalue weighted by Crippen LogP contribution is -2.45. The predicted molar refractivity (Wildman–Crippen MR) is 124 cm³/mol. The van der Waals surface area contributed by atoms with Gasteiger partial charge < -0.3 is 15.0 Å². The van der Waals surface area contributed by atoms with Crippen molar-refractivity contribution in [3.05, 3.63) is 46.5 Å². The molecule has 2 amide bonds. The van der Waals surface area contributed by atoms with Gasteiger partial charge >= 0.3 is 0 Å². The summed E-state index contributed by atoms with van der Waals surface area (Å²) in [6.45, 7) is 8.51. The minimum atomic E-state index is -0.529. The number of aromatic nitrogens is 2. The molecule has 1 aromatic heterocycles. The third kappa shape index (κ3) is 5.54. The van der Waals surface area contributed by atoms with Gasteiger partial charge in [-0.1, -0.05) is 6.07 Å². The molecule has 0 unspecified atom stereocenters. The summed E-state index contributed by atoms with van der Waals surface area (Å²) >= 11 is 0. The molecule has 180 valence electrons. The second-order valence-corrected chi connectivity index (χ2v) is 9.36. The highest BCUT2D eigenvalue weighted by atomic mass is 19.1. The Bertz CT molecular complexity index is 1030. The molecule has 1 aromatic carbocycles. The van der Waals surface area contributed by atoms with Gasteiger partial charge in [0, 0.05) is 49.3 Å². The minimum absolute atomic E-state index is 0.0150. The summed E-state index contributed by atoms with van der Waals surface area (Å²) in [5.74, 6) is -0.213. The Labute approximate surface area is 195 Å². The van der Waals surface area contributed by atoms with Gasteiger partial charge in [0.25, 0.3) is 0 Å². The molecular formula is C25H35FN4O3. The molecule has 1 fully saturated rings. The Hall–Kier alpha value is -2.90. The molecule has 2 aromatic rings. The van der Waals surface area contributed by atoms with Crippen LogP contribution in [0.1, 0.15) is 62.0 Å². The number of carbonyl (C=O) groups is 2. The van der Waals surface area contributed by atoms with Crippen LogP contribution in [0.4, 0.5) is 4.39 Å². The number of hydrogen-bond donors (Lipinski definition) is 1. The lowest BCUT2D eigenvalue weighted by atomic mass is 9.84. The highest BCUT2D eigenvalue weighted by Gasteiger charge is 2.38. The Kier molecular flexibility index (Phi) is 7.44. The average molecular weight is 459 g/mol. The first-order valence-corrected chi connectivity index (χ1v) is 11.5. The molecule has 0 aliphatic carbocycles. The van der Waals surface area contributed by atoms with Crippen LogP contribution in [-0.2, 0) is 29.6 Å². The van der Waals surface area contributed by atoms with Crippen LogP contribution in [0.25, 0.3) is 0 Å². The number of rotatable bonds is 9. The first-order chi connectivity index (χ1) is 15.5. The van der Waals surface area contributed by atoms with Crippen molar-refractivity contribution in [1.82, 2.24) is 20.0 Å². The number of methoxy groups -OCH3 is 1. The van der Waals surface area contributed by atoms with E-state index in [-0.39, 0.29) is 23.6 Å². The Morgan fingerprint density at radius 1 is 1.36 bits per heavy atom. The van der Waals surface area contributed by atoms with Gasteiger partial charge in [-0.05, 0) is 64.7 Å². The highest BCUT2D eigenvalue weighted by Crippen LogP contribution is 2.32. The van der Waals surface area contributed by atoms with Gasteiger partial charge in [0.2, 0.25) is 11.8 Å². The van der Waals surface area contributed by atoms with Crippen molar-refractivity contribution in [2.24, 2.45) is 7.05 Å². The van der Waals surface area contributed by atoms with E-state index in [2.05, 4.69) is 10.4 Å². The number of benzene rings is 1. The molecule has 3 rings (SSSR count). The van der Waals surface area contributed by atoms with Crippen molar-refractivity contribution in [3.8, 4) is 5.75 Å². The first kappa shape index (κ1) is 24.7. The van der Waals surface area contributed by atoms with Crippen molar-refractivity contribution < 1.29 is 18.7 Å². The molecule has 7 nitrogen and oxygen atoms in total. The molecule has 0 saturated carbocycles. The van der Waals surface area contributed by atoms with Crippen LogP contribution in [0.2, 0.25) is 0 Å². The zero-order valence-electron chi connectivity index (χ0n) is 20.5. The molecule has 0 radical (unpaired) electrons. The van der Waals surface area contributed by atoms with E-state index >= 15 is 0 Å². The van der Waals surface area contributed by atoms with Crippen LogP contribution in [-0.4, -0.2) is 45.2 Å². The fourth-order valence-corrected chi connectivity index (χ4v) is 4.65. The van der Waals surface area contributed by atoms with E-state index in [0.29, 0.717) is 38.6 Å². The maximum atomic E-state index is 13.8. The number of aryl methyl sites for hydroxylation is 2. The predicted octanol–water partition coefficient (Wildman–Crippen LogP) is 3.59. The fraction of sp³-hybridized carbons (Fsp3) is 0.560. The van der Waals surface area contributed by atoms with Crippen molar-refractivity contribution in [1.29, 1.82) is 0 Å². The summed E-state index contributed by atoms with van der Waals surface area (Å²) < 4.78 is 20.8. The van der Waals surface area contributed by atoms with Crippen molar-refractivity contribution in [3.63, 3.8) is 0 Å². The molecule has 0 bridgehead atoms. The Morgan fingerprint density at radius 3 is 2.64 bits per heavy atom. The van der Waals surface area contributed by atoms with Gasteiger partial charge in [-0.25, -0.2) is 4.39 Å². The molecule has 1 N–H and O–H groups in total. The summed E-state index contributed by atoms with van der Waals surface area (Å²) in [7, 11) is 3.34. The van der Waals surface area contributed by atoms with Crippen LogP contribution < -0.4 is 10.1 Å². The van der Waals surface area contributed by atoms with E-state index in [0.717, 1.165) is 22.5 Å². The van der Waals surface area contributed by atoms with Crippen molar-refractivity contribution in [2.45, 2.75) is 77.9 Å². The molecule has 1 atom stereocenters. The van der Waals surface area contributed by atoms with Gasteiger partial charge in [0.15, 0.2) is 11.6 Å². The Morgan fingerprint density at radius 2 is 2.09 bits per heavy atom. The largest absolute Gasteiger partial charge is 0.494 e. The smallest absolute Gasteiger partial charge is 0.223 e. The van der Waals surface area contributed by atoms with Gasteiger partial charge in [-0.15, -0.1) is 0 Å². The number of nitrogens with one attached hydrogen (secondary N) is 1. The van der Waals surface area contributed by atoms with E-state index in [9.17, 15) is 14.0 Å². The monoisotopic (exact) mass is 458 g/mol. The molecule has 1 saturated heterocycles. The number of hydrogen-bond acceptors (Lipinski definition) is 4. The topological polar surface area (TPSA) is 76.5 Å². The maximum absolute atomic E-state index is 13.8. The van der Waals surface area contributed by atoms with E-state index in [1.807, 2.05) is 44.3 Å². The van der Waals surface area contributed by atoms with E-state index in [1.54, 1.807) is 12.1 Å². The highest BCUT2D eigenvalue weighted by molar-refractivity contribution is 5.80. The molecule has 0 spiro atoms. The summed E-state index contributed by atoms with van der Waals surface area (Å²) in [4.78, 5) is 27.3. The standard InChI is InChI=1S/C25H35FN4O3/c1-16(2)30(15-20-17(3)28-29(5)18(20)4)24(32)10-12-25(11-9-23(31)27-25)14-19-7-8-21(26)22(13-19)33-6/h7-8,13,16H,9-12,14-15H2,1-6H3,(H,27,31)/t25-/m1/s1. The summed E-state index contributed by atoms with van der Waals surface area (Å²) in [5.41, 5.74) is 3.39. The normalized spacial score (nSPS) is 18.0. The van der Waals surface area contributed by atoms with Crippen molar-refractivity contribution in [2.75, 3.05) is 7.11 Å². The van der Waals surface area contributed by atoms with E-state index in [4.69, 9.17) is 4.74 Å². The number of nitrogens with zero attached hydrogens (tertiary/aromatic N) is 3. The number of halogens is 1. The van der Waals surface area contributed by atoms with Crippen LogP contribution >= 0.6 is 0 Å². The zero-order valence-corrected chi connectivity index (χ0v) is 20.5. The van der Waals surface area contributed by atoms with Gasteiger partial charge in [-0.3, -0.25) is 14.3 Å². The second-order valence-electron chi connectivity index (χ2n) is 9.36. The SMILES string of the molecule is COc1cc(C[C@]2(CCC(=O)N(Cc3c(C)nn(C)c3C)C(C)C)CCC(=O)N2)ccc1F. The zero-order chi connectivity index (χ0) is 24.3. The number of amides is 2. The van der Waals surface area contributed by atoms with Crippen LogP contribution in [0.5, 0.6) is 5.75 Å². The van der Waals surface area contributed by atoms with Gasteiger partial charge in [0.1, 0.15) is 0 Å². The third-order valence-electron chi connectivity index (χ3n) is 6.74. The summed E-state index contributed by atoms with van der Waals surface area (Å²) in [5, 5.41) is 7.58. The average Bonchev–Trinajstić information content (AvgIpc) is 3.24. The molecule has 1 aliphatic heterocycles. The van der Waals surface area contributed by atoms with E-state index in [1.165, 1.54) is 13.2 Å². The van der Waals surface area contributed by atoms with Crippen LogP contribution in [0, 0.1) is 19.7 Å². The van der Waals surface area contributed by atoms with Crippen molar-refractivity contribution >= 4 is 11.8 Å². The minimum Gasteiger partial charge on any atom is -0.494 e. The molecule has 33 heavy (non-hydrogen) atoms. The quantitative estimate of drug-likeness (QED) is 0.623. The van der Waals surface area contributed by atoms with Gasteiger partial charge in [0.05, 0.1) is 12.8 Å². The molecule has 1 aliphatic rings. The van der Waals surface area contributed by atoms with Gasteiger partial charge in [-0.2, -0.15) is 5.10 Å². The van der Waals surface area contributed by atoms with Crippen LogP contribution in [0.3, 0.4) is 0 Å². The lowest BCUT2D eigenvalue weighted by molar-refractivity contribution is -0.134. The molecule has 8 heteroatoms. The summed E-state index contributed by atoms with van der Waals surface area (Å²) in [6, 6.07) is 4.79. The molecule has 2 heterocycles. The lowest BCUT2D eigenvalue weighted by Gasteiger charge is -2.32.